The Morgan fingerprint density at radius 2 is 1.78 bits per heavy atom. The van der Waals surface area contributed by atoms with Gasteiger partial charge in [-0.3, -0.25) is 9.36 Å². The summed E-state index contributed by atoms with van der Waals surface area (Å²) in [6, 6.07) is 15.5. The molecular formula is C23H19N5O3S. The summed E-state index contributed by atoms with van der Waals surface area (Å²) in [5.41, 5.74) is 2.36. The molecule has 0 aliphatic carbocycles. The van der Waals surface area contributed by atoms with Gasteiger partial charge >= 0.3 is 0 Å². The summed E-state index contributed by atoms with van der Waals surface area (Å²) in [7, 11) is -2.48. The van der Waals surface area contributed by atoms with Gasteiger partial charge in [-0.05, 0) is 48.7 Å². The Morgan fingerprint density at radius 3 is 2.56 bits per heavy atom. The largest absolute Gasteiger partial charge is 0.361 e. The minimum atomic E-state index is -3.98. The quantitative estimate of drug-likeness (QED) is 0.437. The van der Waals surface area contributed by atoms with Crippen molar-refractivity contribution in [1.29, 1.82) is 0 Å². The van der Waals surface area contributed by atoms with Crippen LogP contribution in [-0.4, -0.2) is 27.9 Å². The van der Waals surface area contributed by atoms with E-state index in [-0.39, 0.29) is 9.79 Å². The van der Waals surface area contributed by atoms with Crippen molar-refractivity contribution in [2.24, 2.45) is 7.05 Å². The van der Waals surface area contributed by atoms with E-state index in [1.165, 1.54) is 36.0 Å². The molecule has 5 aromatic rings. The average Bonchev–Trinajstić information content (AvgIpc) is 3.24. The van der Waals surface area contributed by atoms with E-state index in [0.29, 0.717) is 17.0 Å². The summed E-state index contributed by atoms with van der Waals surface area (Å²) >= 11 is 0. The number of sulfone groups is 1. The molecule has 0 atom stereocenters. The zero-order valence-electron chi connectivity index (χ0n) is 17.3. The highest BCUT2D eigenvalue weighted by Gasteiger charge is 2.23. The van der Waals surface area contributed by atoms with Crippen molar-refractivity contribution in [1.82, 2.24) is 19.5 Å². The number of nitrogens with zero attached hydrogens (tertiary/aromatic N) is 3. The minimum Gasteiger partial charge on any atom is -0.361 e. The van der Waals surface area contributed by atoms with Crippen LogP contribution in [0.3, 0.4) is 0 Å². The first-order valence-electron chi connectivity index (χ1n) is 9.86. The molecule has 32 heavy (non-hydrogen) atoms. The summed E-state index contributed by atoms with van der Waals surface area (Å²) in [6.45, 7) is 1.87. The van der Waals surface area contributed by atoms with Gasteiger partial charge in [0.25, 0.3) is 5.56 Å². The molecule has 0 saturated heterocycles. The minimum absolute atomic E-state index is 0.0680. The van der Waals surface area contributed by atoms with Gasteiger partial charge in [0.05, 0.1) is 4.90 Å². The number of aromatic amines is 1. The highest BCUT2D eigenvalue weighted by Crippen LogP contribution is 2.23. The molecule has 9 heteroatoms. The van der Waals surface area contributed by atoms with E-state index in [4.69, 9.17) is 0 Å². The molecule has 0 aliphatic rings. The number of anilines is 2. The Bertz CT molecular complexity index is 1650. The van der Waals surface area contributed by atoms with Gasteiger partial charge < -0.3 is 10.3 Å². The van der Waals surface area contributed by atoms with Gasteiger partial charge in [-0.15, -0.1) is 0 Å². The van der Waals surface area contributed by atoms with Crippen LogP contribution in [0.15, 0.2) is 81.6 Å². The van der Waals surface area contributed by atoms with Crippen molar-refractivity contribution in [2.75, 3.05) is 5.32 Å². The molecule has 8 nitrogen and oxygen atoms in total. The molecule has 0 amide bonds. The number of H-pyrrole nitrogens is 1. The third-order valence-electron chi connectivity index (χ3n) is 5.35. The van der Waals surface area contributed by atoms with Gasteiger partial charge in [0.15, 0.2) is 0 Å². The van der Waals surface area contributed by atoms with Gasteiger partial charge in [0.2, 0.25) is 15.8 Å². The second-order valence-electron chi connectivity index (χ2n) is 7.57. The SMILES string of the molecule is Cc1ccc(S(=O)(=O)c2cc3cnc(Nc4ccc5cc[nH]c5c4)nc3n(C)c2=O)cc1. The lowest BCUT2D eigenvalue weighted by Crippen LogP contribution is -2.25. The van der Waals surface area contributed by atoms with E-state index in [1.54, 1.807) is 12.1 Å². The van der Waals surface area contributed by atoms with Gasteiger partial charge in [-0.25, -0.2) is 13.4 Å². The van der Waals surface area contributed by atoms with Crippen molar-refractivity contribution >= 4 is 43.4 Å². The molecular weight excluding hydrogens is 426 g/mol. The van der Waals surface area contributed by atoms with E-state index in [1.807, 2.05) is 37.4 Å². The monoisotopic (exact) mass is 445 g/mol. The van der Waals surface area contributed by atoms with Crippen LogP contribution < -0.4 is 10.9 Å². The lowest BCUT2D eigenvalue weighted by Gasteiger charge is -2.11. The second-order valence-corrected chi connectivity index (χ2v) is 9.48. The van der Waals surface area contributed by atoms with Crippen LogP contribution >= 0.6 is 0 Å². The fourth-order valence-electron chi connectivity index (χ4n) is 3.57. The number of benzene rings is 2. The van der Waals surface area contributed by atoms with Gasteiger partial charge in [0.1, 0.15) is 10.5 Å². The van der Waals surface area contributed by atoms with Crippen molar-refractivity contribution in [3.8, 4) is 0 Å². The first-order chi connectivity index (χ1) is 15.3. The number of pyridine rings is 1. The first kappa shape index (κ1) is 20.0. The average molecular weight is 446 g/mol. The number of aromatic nitrogens is 4. The Labute approximate surface area is 183 Å². The molecule has 0 bridgehead atoms. The molecule has 2 N–H and O–H groups in total. The van der Waals surface area contributed by atoms with Gasteiger partial charge in [-0.1, -0.05) is 23.8 Å². The summed E-state index contributed by atoms with van der Waals surface area (Å²) in [5, 5.41) is 4.66. The zero-order valence-corrected chi connectivity index (χ0v) is 18.1. The van der Waals surface area contributed by atoms with Crippen molar-refractivity contribution in [3.63, 3.8) is 0 Å². The van der Waals surface area contributed by atoms with Crippen molar-refractivity contribution < 1.29 is 8.42 Å². The molecule has 3 aromatic heterocycles. The smallest absolute Gasteiger partial charge is 0.271 e. The van der Waals surface area contributed by atoms with Gasteiger partial charge in [-0.2, -0.15) is 4.98 Å². The van der Waals surface area contributed by atoms with Crippen LogP contribution in [0.25, 0.3) is 21.9 Å². The fourth-order valence-corrected chi connectivity index (χ4v) is 4.97. The van der Waals surface area contributed by atoms with Crippen LogP contribution in [0.4, 0.5) is 11.6 Å². The Morgan fingerprint density at radius 1 is 1.00 bits per heavy atom. The topological polar surface area (TPSA) is 110 Å². The zero-order chi connectivity index (χ0) is 22.5. The van der Waals surface area contributed by atoms with Crippen LogP contribution in [0.1, 0.15) is 5.56 Å². The Kier molecular flexibility index (Phi) is 4.56. The molecule has 0 aliphatic heterocycles. The number of hydrogen-bond donors (Lipinski definition) is 2. The molecule has 0 saturated carbocycles. The molecule has 0 radical (unpaired) electrons. The predicted octanol–water partition coefficient (Wildman–Crippen LogP) is 3.69. The van der Waals surface area contributed by atoms with Gasteiger partial charge in [0, 0.05) is 36.0 Å². The normalized spacial score (nSPS) is 11.8. The molecule has 160 valence electrons. The lowest BCUT2D eigenvalue weighted by molar-refractivity contribution is 0.593. The molecule has 3 heterocycles. The lowest BCUT2D eigenvalue weighted by atomic mass is 10.2. The van der Waals surface area contributed by atoms with Crippen LogP contribution in [0.5, 0.6) is 0 Å². The van der Waals surface area contributed by atoms with Crippen LogP contribution in [0.2, 0.25) is 0 Å². The predicted molar refractivity (Wildman–Crippen MR) is 123 cm³/mol. The highest BCUT2D eigenvalue weighted by atomic mass is 32.2. The van der Waals surface area contributed by atoms with Crippen LogP contribution in [-0.2, 0) is 16.9 Å². The maximum absolute atomic E-state index is 13.1. The van der Waals surface area contributed by atoms with E-state index in [9.17, 15) is 13.2 Å². The number of nitrogens with one attached hydrogen (secondary N) is 2. The number of hydrogen-bond acceptors (Lipinski definition) is 6. The van der Waals surface area contributed by atoms with Crippen molar-refractivity contribution in [3.05, 3.63) is 82.9 Å². The second kappa shape index (κ2) is 7.31. The van der Waals surface area contributed by atoms with E-state index < -0.39 is 15.4 Å². The first-order valence-corrected chi connectivity index (χ1v) is 11.3. The number of rotatable bonds is 4. The Balaban J connectivity index is 1.57. The molecule has 2 aromatic carbocycles. The summed E-state index contributed by atoms with van der Waals surface area (Å²) in [6.07, 6.45) is 3.37. The number of aryl methyl sites for hydroxylation is 2. The summed E-state index contributed by atoms with van der Waals surface area (Å²) in [4.78, 5) is 24.6. The van der Waals surface area contributed by atoms with Crippen molar-refractivity contribution in [2.45, 2.75) is 16.7 Å². The summed E-state index contributed by atoms with van der Waals surface area (Å²) in [5.74, 6) is 0.299. The van der Waals surface area contributed by atoms with E-state index >= 15 is 0 Å². The Hall–Kier alpha value is -3.98. The standard InChI is InChI=1S/C23H19N5O3S/c1-14-3-7-18(8-4-14)32(30,31)20-11-16-13-25-23(27-21(16)28(2)22(20)29)26-17-6-5-15-9-10-24-19(15)12-17/h3-13,24H,1-2H3,(H,25,26,27). The maximum Gasteiger partial charge on any atom is 0.271 e. The van der Waals surface area contributed by atoms with E-state index in [0.717, 1.165) is 22.2 Å². The third kappa shape index (κ3) is 3.32. The molecule has 0 unspecified atom stereocenters. The molecule has 5 rings (SSSR count). The van der Waals surface area contributed by atoms with E-state index in [2.05, 4.69) is 20.3 Å². The molecule has 0 spiro atoms. The fraction of sp³-hybridized carbons (Fsp3) is 0.0870. The van der Waals surface area contributed by atoms with Crippen LogP contribution in [0, 0.1) is 6.92 Å². The molecule has 0 fully saturated rings. The third-order valence-corrected chi connectivity index (χ3v) is 7.11. The summed E-state index contributed by atoms with van der Waals surface area (Å²) < 4.78 is 27.4. The maximum atomic E-state index is 13.1. The number of fused-ring (bicyclic) bond motifs is 2. The highest BCUT2D eigenvalue weighted by molar-refractivity contribution is 7.91.